The predicted octanol–water partition coefficient (Wildman–Crippen LogP) is 2.29. The molecule has 3 rings (SSSR count). The molecule has 23 heavy (non-hydrogen) atoms. The Morgan fingerprint density at radius 3 is 2.57 bits per heavy atom. The molecule has 2 aromatic rings. The number of aromatic amines is 1. The van der Waals surface area contributed by atoms with Crippen molar-refractivity contribution in [3.05, 3.63) is 41.7 Å². The van der Waals surface area contributed by atoms with Gasteiger partial charge in [-0.2, -0.15) is 9.40 Å². The Balaban J connectivity index is 1.85. The zero-order valence-corrected chi connectivity index (χ0v) is 14.3. The first kappa shape index (κ1) is 16.0. The number of sulfonamides is 1. The third-order valence-corrected chi connectivity index (χ3v) is 6.57. The molecule has 124 valence electrons. The van der Waals surface area contributed by atoms with Crippen LogP contribution < -0.4 is 4.74 Å². The van der Waals surface area contributed by atoms with Crippen LogP contribution in [0.25, 0.3) is 0 Å². The van der Waals surface area contributed by atoms with Gasteiger partial charge in [-0.15, -0.1) is 0 Å². The average molecular weight is 335 g/mol. The summed E-state index contributed by atoms with van der Waals surface area (Å²) in [7, 11) is -1.88. The minimum absolute atomic E-state index is 0.0404. The number of nitrogens with zero attached hydrogens (tertiary/aromatic N) is 2. The summed E-state index contributed by atoms with van der Waals surface area (Å²) in [5, 5.41) is 6.53. The number of ether oxygens (including phenoxy) is 1. The third kappa shape index (κ3) is 2.86. The Hall–Kier alpha value is -1.86. The van der Waals surface area contributed by atoms with Crippen molar-refractivity contribution in [1.82, 2.24) is 14.5 Å². The summed E-state index contributed by atoms with van der Waals surface area (Å²) in [6.45, 7) is 4.17. The maximum absolute atomic E-state index is 12.9. The lowest BCUT2D eigenvalue weighted by atomic mass is 9.97. The van der Waals surface area contributed by atoms with Crippen molar-refractivity contribution in [3.63, 3.8) is 0 Å². The molecule has 0 bridgehead atoms. The van der Waals surface area contributed by atoms with Gasteiger partial charge in [0.1, 0.15) is 10.6 Å². The Morgan fingerprint density at radius 2 is 2.00 bits per heavy atom. The van der Waals surface area contributed by atoms with E-state index >= 15 is 0 Å². The fourth-order valence-corrected chi connectivity index (χ4v) is 4.99. The molecule has 6 nitrogen and oxygen atoms in total. The molecular weight excluding hydrogens is 314 g/mol. The molecule has 1 aliphatic rings. The standard InChI is InChI=1S/C16H21N3O3S/c1-11-8-14(13-4-6-15(22-3)7-5-13)10-19(11)23(20,21)16-9-17-18-12(16)2/h4-7,9,11,14H,8,10H2,1-3H3,(H,17,18)/t11-,14-/m1/s1. The van der Waals surface area contributed by atoms with E-state index in [0.717, 1.165) is 17.7 Å². The fourth-order valence-electron chi connectivity index (χ4n) is 3.18. The molecule has 1 N–H and O–H groups in total. The molecule has 0 aliphatic carbocycles. The molecule has 2 atom stereocenters. The second-order valence-corrected chi connectivity index (χ2v) is 7.85. The molecule has 2 heterocycles. The maximum atomic E-state index is 12.9. The number of hydrogen-bond acceptors (Lipinski definition) is 4. The van der Waals surface area contributed by atoms with Crippen LogP contribution in [0.15, 0.2) is 35.4 Å². The van der Waals surface area contributed by atoms with Crippen LogP contribution in [0, 0.1) is 6.92 Å². The minimum atomic E-state index is -3.51. The Bertz CT molecular complexity index is 783. The van der Waals surface area contributed by atoms with E-state index in [2.05, 4.69) is 10.2 Å². The Morgan fingerprint density at radius 1 is 1.30 bits per heavy atom. The van der Waals surface area contributed by atoms with Gasteiger partial charge in [-0.3, -0.25) is 5.10 Å². The quantitative estimate of drug-likeness (QED) is 0.930. The zero-order valence-electron chi connectivity index (χ0n) is 13.5. The third-order valence-electron chi connectivity index (χ3n) is 4.48. The van der Waals surface area contributed by atoms with E-state index in [1.54, 1.807) is 18.3 Å². The lowest BCUT2D eigenvalue weighted by Gasteiger charge is -2.20. The molecule has 1 saturated heterocycles. The fraction of sp³-hybridized carbons (Fsp3) is 0.438. The van der Waals surface area contributed by atoms with E-state index in [9.17, 15) is 8.42 Å². The van der Waals surface area contributed by atoms with Gasteiger partial charge in [-0.05, 0) is 43.9 Å². The molecule has 0 spiro atoms. The van der Waals surface area contributed by atoms with Crippen LogP contribution >= 0.6 is 0 Å². The summed E-state index contributed by atoms with van der Waals surface area (Å²) in [5.74, 6) is 0.996. The lowest BCUT2D eigenvalue weighted by Crippen LogP contribution is -2.34. The van der Waals surface area contributed by atoms with Crippen molar-refractivity contribution in [1.29, 1.82) is 0 Å². The first-order chi connectivity index (χ1) is 10.9. The van der Waals surface area contributed by atoms with E-state index in [1.165, 1.54) is 6.20 Å². The zero-order chi connectivity index (χ0) is 16.6. The summed E-state index contributed by atoms with van der Waals surface area (Å²) in [5.41, 5.74) is 1.71. The van der Waals surface area contributed by atoms with E-state index in [0.29, 0.717) is 12.2 Å². The highest BCUT2D eigenvalue weighted by molar-refractivity contribution is 7.89. The maximum Gasteiger partial charge on any atom is 0.246 e. The summed E-state index contributed by atoms with van der Waals surface area (Å²) in [6.07, 6.45) is 2.19. The summed E-state index contributed by atoms with van der Waals surface area (Å²) >= 11 is 0. The van der Waals surface area contributed by atoms with Crippen molar-refractivity contribution in [2.75, 3.05) is 13.7 Å². The number of benzene rings is 1. The van der Waals surface area contributed by atoms with Gasteiger partial charge in [0.25, 0.3) is 0 Å². The predicted molar refractivity (Wildman–Crippen MR) is 87.0 cm³/mol. The largest absolute Gasteiger partial charge is 0.497 e. The highest BCUT2D eigenvalue weighted by Crippen LogP contribution is 2.36. The number of nitrogens with one attached hydrogen (secondary N) is 1. The van der Waals surface area contributed by atoms with E-state index in [1.807, 2.05) is 31.2 Å². The number of aryl methyl sites for hydroxylation is 1. The van der Waals surface area contributed by atoms with E-state index < -0.39 is 10.0 Å². The number of aromatic nitrogens is 2. The number of methoxy groups -OCH3 is 1. The molecule has 7 heteroatoms. The number of hydrogen-bond donors (Lipinski definition) is 1. The van der Waals surface area contributed by atoms with Gasteiger partial charge in [0.2, 0.25) is 10.0 Å². The van der Waals surface area contributed by atoms with Crippen molar-refractivity contribution < 1.29 is 13.2 Å². The molecule has 1 aromatic heterocycles. The first-order valence-corrected chi connectivity index (χ1v) is 9.03. The van der Waals surface area contributed by atoms with Crippen molar-refractivity contribution in [2.45, 2.75) is 37.1 Å². The molecule has 0 saturated carbocycles. The van der Waals surface area contributed by atoms with Gasteiger partial charge in [0.05, 0.1) is 19.0 Å². The van der Waals surface area contributed by atoms with Crippen LogP contribution in [0.1, 0.15) is 30.5 Å². The van der Waals surface area contributed by atoms with Crippen molar-refractivity contribution in [2.24, 2.45) is 0 Å². The normalized spacial score (nSPS) is 22.4. The summed E-state index contributed by atoms with van der Waals surface area (Å²) in [4.78, 5) is 0.264. The van der Waals surface area contributed by atoms with Gasteiger partial charge in [-0.25, -0.2) is 8.42 Å². The van der Waals surface area contributed by atoms with Crippen LogP contribution in [0.5, 0.6) is 5.75 Å². The van der Waals surface area contributed by atoms with Gasteiger partial charge in [-0.1, -0.05) is 12.1 Å². The van der Waals surface area contributed by atoms with Crippen LogP contribution in [0.4, 0.5) is 0 Å². The van der Waals surface area contributed by atoms with Crippen LogP contribution in [0.2, 0.25) is 0 Å². The minimum Gasteiger partial charge on any atom is -0.497 e. The molecule has 1 aliphatic heterocycles. The Kier molecular flexibility index (Phi) is 4.16. The SMILES string of the molecule is COc1ccc([C@@H]2C[C@@H](C)N(S(=O)(=O)c3cn[nH]c3C)C2)cc1. The molecule has 0 unspecified atom stereocenters. The van der Waals surface area contributed by atoms with E-state index in [4.69, 9.17) is 4.74 Å². The molecule has 1 aromatic carbocycles. The monoisotopic (exact) mass is 335 g/mol. The highest BCUT2D eigenvalue weighted by atomic mass is 32.2. The van der Waals surface area contributed by atoms with Crippen molar-refractivity contribution >= 4 is 10.0 Å². The molecule has 1 fully saturated rings. The second kappa shape index (κ2) is 5.98. The lowest BCUT2D eigenvalue weighted by molar-refractivity contribution is 0.407. The van der Waals surface area contributed by atoms with E-state index in [-0.39, 0.29) is 16.9 Å². The van der Waals surface area contributed by atoms with Crippen molar-refractivity contribution in [3.8, 4) is 5.75 Å². The smallest absolute Gasteiger partial charge is 0.246 e. The summed E-state index contributed by atoms with van der Waals surface area (Å²) < 4.78 is 32.5. The van der Waals surface area contributed by atoms with Gasteiger partial charge in [0, 0.05) is 12.6 Å². The average Bonchev–Trinajstić information content (AvgIpc) is 3.14. The summed E-state index contributed by atoms with van der Waals surface area (Å²) in [6, 6.07) is 7.81. The highest BCUT2D eigenvalue weighted by Gasteiger charge is 2.39. The molecule has 0 radical (unpaired) electrons. The van der Waals surface area contributed by atoms with Crippen LogP contribution in [0.3, 0.4) is 0 Å². The Labute approximate surface area is 136 Å². The first-order valence-electron chi connectivity index (χ1n) is 7.59. The van der Waals surface area contributed by atoms with Gasteiger partial charge >= 0.3 is 0 Å². The molecule has 0 amide bonds. The topological polar surface area (TPSA) is 75.3 Å². The van der Waals surface area contributed by atoms with Gasteiger partial charge in [0.15, 0.2) is 0 Å². The number of H-pyrrole nitrogens is 1. The van der Waals surface area contributed by atoms with Gasteiger partial charge < -0.3 is 4.74 Å². The number of rotatable bonds is 4. The second-order valence-electron chi connectivity index (χ2n) is 5.99. The van der Waals surface area contributed by atoms with Crippen LogP contribution in [-0.2, 0) is 10.0 Å². The molecular formula is C16H21N3O3S. The van der Waals surface area contributed by atoms with Crippen LogP contribution in [-0.4, -0.2) is 42.6 Å².